The van der Waals surface area contributed by atoms with Crippen molar-refractivity contribution in [2.24, 2.45) is 7.05 Å². The first-order chi connectivity index (χ1) is 9.08. The van der Waals surface area contributed by atoms with E-state index >= 15 is 0 Å². The summed E-state index contributed by atoms with van der Waals surface area (Å²) in [6.07, 6.45) is 4.60. The van der Waals surface area contributed by atoms with Crippen molar-refractivity contribution >= 4 is 17.5 Å². The quantitative estimate of drug-likeness (QED) is 0.738. The molecule has 2 saturated heterocycles. The third-order valence-corrected chi connectivity index (χ3v) is 3.95. The van der Waals surface area contributed by atoms with Crippen LogP contribution in [-0.2, 0) is 16.6 Å². The van der Waals surface area contributed by atoms with Crippen LogP contribution in [0.1, 0.15) is 25.0 Å². The monoisotopic (exact) mass is 262 g/mol. The first-order valence-corrected chi connectivity index (χ1v) is 6.69. The van der Waals surface area contributed by atoms with Crippen LogP contribution >= 0.6 is 0 Å². The predicted octanol–water partition coefficient (Wildman–Crippen LogP) is 0.456. The number of carbonyl (C=O) groups is 2. The second-order valence-corrected chi connectivity index (χ2v) is 5.30. The van der Waals surface area contributed by atoms with Gasteiger partial charge in [0.15, 0.2) is 0 Å². The second kappa shape index (κ2) is 4.36. The van der Waals surface area contributed by atoms with E-state index in [2.05, 4.69) is 5.10 Å². The first kappa shape index (κ1) is 12.2. The molecule has 1 aromatic heterocycles. The Bertz CT molecular complexity index is 537. The van der Waals surface area contributed by atoms with E-state index in [0.717, 1.165) is 37.2 Å². The molecule has 6 nitrogen and oxygen atoms in total. The van der Waals surface area contributed by atoms with Gasteiger partial charge in [0.25, 0.3) is 0 Å². The van der Waals surface area contributed by atoms with Crippen molar-refractivity contribution < 1.29 is 9.59 Å². The van der Waals surface area contributed by atoms with Crippen molar-refractivity contribution in [2.75, 3.05) is 18.0 Å². The number of nitrogens with zero attached hydrogens (tertiary/aromatic N) is 4. The van der Waals surface area contributed by atoms with Crippen molar-refractivity contribution in [3.63, 3.8) is 0 Å². The van der Waals surface area contributed by atoms with Gasteiger partial charge in [0.1, 0.15) is 12.6 Å². The largest absolute Gasteiger partial charge is 0.329 e. The Hall–Kier alpha value is -1.85. The normalized spacial score (nSPS) is 23.8. The number of fused-ring (bicyclic) bond motifs is 1. The van der Waals surface area contributed by atoms with Gasteiger partial charge in [-0.2, -0.15) is 5.10 Å². The van der Waals surface area contributed by atoms with E-state index in [-0.39, 0.29) is 24.4 Å². The molecule has 0 aliphatic carbocycles. The Kier molecular flexibility index (Phi) is 2.80. The van der Waals surface area contributed by atoms with Crippen molar-refractivity contribution in [1.82, 2.24) is 14.7 Å². The molecule has 102 valence electrons. The van der Waals surface area contributed by atoms with E-state index in [9.17, 15) is 9.59 Å². The smallest absolute Gasteiger partial charge is 0.250 e. The topological polar surface area (TPSA) is 58.4 Å². The molecule has 1 unspecified atom stereocenters. The molecular formula is C13H18N4O2. The lowest BCUT2D eigenvalue weighted by atomic mass is 9.98. The number of piperazine rings is 1. The zero-order chi connectivity index (χ0) is 13.6. The lowest BCUT2D eigenvalue weighted by Crippen LogP contribution is -2.61. The summed E-state index contributed by atoms with van der Waals surface area (Å²) < 4.78 is 1.68. The Morgan fingerprint density at radius 2 is 2.11 bits per heavy atom. The summed E-state index contributed by atoms with van der Waals surface area (Å²) in [5, 5.41) is 4.25. The van der Waals surface area contributed by atoms with Crippen LogP contribution in [0, 0.1) is 6.92 Å². The summed E-state index contributed by atoms with van der Waals surface area (Å²) in [5.41, 5.74) is 1.54. The van der Waals surface area contributed by atoms with Crippen LogP contribution in [0.25, 0.3) is 0 Å². The molecule has 0 radical (unpaired) electrons. The van der Waals surface area contributed by atoms with Crippen LogP contribution in [0.4, 0.5) is 5.69 Å². The molecule has 1 atom stereocenters. The maximum absolute atomic E-state index is 12.6. The van der Waals surface area contributed by atoms with Crippen LogP contribution < -0.4 is 4.90 Å². The second-order valence-electron chi connectivity index (χ2n) is 5.30. The number of aromatic nitrogens is 2. The van der Waals surface area contributed by atoms with Gasteiger partial charge in [0, 0.05) is 19.8 Å². The Balaban J connectivity index is 1.93. The van der Waals surface area contributed by atoms with E-state index in [1.807, 2.05) is 14.0 Å². The number of hydrogen-bond acceptors (Lipinski definition) is 3. The Labute approximate surface area is 112 Å². The van der Waals surface area contributed by atoms with Gasteiger partial charge in [-0.15, -0.1) is 0 Å². The highest BCUT2D eigenvalue weighted by atomic mass is 16.2. The molecule has 0 aromatic carbocycles. The van der Waals surface area contributed by atoms with Gasteiger partial charge in [-0.05, 0) is 26.2 Å². The fourth-order valence-electron chi connectivity index (χ4n) is 3.03. The summed E-state index contributed by atoms with van der Waals surface area (Å²) in [4.78, 5) is 28.1. The molecule has 3 heterocycles. The molecule has 1 aromatic rings. The van der Waals surface area contributed by atoms with Gasteiger partial charge < -0.3 is 4.90 Å². The van der Waals surface area contributed by atoms with Gasteiger partial charge in [0.2, 0.25) is 11.8 Å². The van der Waals surface area contributed by atoms with Crippen molar-refractivity contribution in [2.45, 2.75) is 32.2 Å². The third-order valence-electron chi connectivity index (χ3n) is 3.95. The highest BCUT2D eigenvalue weighted by Crippen LogP contribution is 2.28. The minimum atomic E-state index is -0.269. The van der Waals surface area contributed by atoms with Crippen LogP contribution in [0.2, 0.25) is 0 Å². The van der Waals surface area contributed by atoms with Crippen LogP contribution in [-0.4, -0.2) is 45.6 Å². The van der Waals surface area contributed by atoms with Gasteiger partial charge in [0.05, 0.1) is 11.4 Å². The van der Waals surface area contributed by atoms with E-state index in [0.29, 0.717) is 0 Å². The Morgan fingerprint density at radius 3 is 2.79 bits per heavy atom. The average molecular weight is 262 g/mol. The molecule has 0 saturated carbocycles. The number of amides is 2. The minimum Gasteiger partial charge on any atom is -0.329 e. The van der Waals surface area contributed by atoms with Crippen molar-refractivity contribution in [3.8, 4) is 0 Å². The van der Waals surface area contributed by atoms with Gasteiger partial charge in [-0.25, -0.2) is 0 Å². The summed E-state index contributed by atoms with van der Waals surface area (Å²) in [5.74, 6) is 0.0861. The number of piperidine rings is 1. The number of carbonyl (C=O) groups excluding carboxylic acids is 2. The molecule has 3 rings (SSSR count). The standard InChI is InChI=1S/C13H18N4O2/c1-9-11(7-15(2)14-9)17-8-12(18)16-6-4-3-5-10(16)13(17)19/h7,10H,3-6,8H2,1-2H3. The minimum absolute atomic E-state index is 0.0374. The maximum atomic E-state index is 12.6. The SMILES string of the molecule is Cc1nn(C)cc1N1CC(=O)N2CCCCC2C1=O. The first-order valence-electron chi connectivity index (χ1n) is 6.69. The number of aryl methyl sites for hydroxylation is 2. The van der Waals surface area contributed by atoms with E-state index < -0.39 is 0 Å². The zero-order valence-corrected chi connectivity index (χ0v) is 11.3. The summed E-state index contributed by atoms with van der Waals surface area (Å²) in [6, 6.07) is -0.269. The molecule has 2 amide bonds. The van der Waals surface area contributed by atoms with Gasteiger partial charge >= 0.3 is 0 Å². The number of hydrogen-bond donors (Lipinski definition) is 0. The van der Waals surface area contributed by atoms with Crippen molar-refractivity contribution in [3.05, 3.63) is 11.9 Å². The summed E-state index contributed by atoms with van der Waals surface area (Å²) in [7, 11) is 1.82. The molecular weight excluding hydrogens is 244 g/mol. The molecule has 2 fully saturated rings. The molecule has 0 bridgehead atoms. The number of rotatable bonds is 1. The van der Waals surface area contributed by atoms with Gasteiger partial charge in [-0.3, -0.25) is 19.2 Å². The highest BCUT2D eigenvalue weighted by Gasteiger charge is 2.41. The molecule has 6 heteroatoms. The maximum Gasteiger partial charge on any atom is 0.250 e. The summed E-state index contributed by atoms with van der Waals surface area (Å²) in [6.45, 7) is 2.72. The predicted molar refractivity (Wildman–Crippen MR) is 69.7 cm³/mol. The molecule has 0 N–H and O–H groups in total. The molecule has 19 heavy (non-hydrogen) atoms. The Morgan fingerprint density at radius 1 is 1.32 bits per heavy atom. The van der Waals surface area contributed by atoms with E-state index in [1.54, 1.807) is 20.7 Å². The molecule has 2 aliphatic heterocycles. The van der Waals surface area contributed by atoms with E-state index in [4.69, 9.17) is 0 Å². The number of anilines is 1. The zero-order valence-electron chi connectivity index (χ0n) is 11.3. The third kappa shape index (κ3) is 1.91. The fraction of sp³-hybridized carbons (Fsp3) is 0.615. The van der Waals surface area contributed by atoms with Crippen LogP contribution in [0.3, 0.4) is 0 Å². The van der Waals surface area contributed by atoms with E-state index in [1.165, 1.54) is 0 Å². The lowest BCUT2D eigenvalue weighted by Gasteiger charge is -2.42. The highest BCUT2D eigenvalue weighted by molar-refractivity contribution is 6.06. The lowest BCUT2D eigenvalue weighted by molar-refractivity contribution is -0.144. The fourth-order valence-corrected chi connectivity index (χ4v) is 3.03. The van der Waals surface area contributed by atoms with Crippen molar-refractivity contribution in [1.29, 1.82) is 0 Å². The van der Waals surface area contributed by atoms with Crippen LogP contribution in [0.5, 0.6) is 0 Å². The molecule has 0 spiro atoms. The molecule has 2 aliphatic rings. The van der Waals surface area contributed by atoms with Crippen LogP contribution in [0.15, 0.2) is 6.20 Å². The van der Waals surface area contributed by atoms with Gasteiger partial charge in [-0.1, -0.05) is 0 Å². The average Bonchev–Trinajstić information content (AvgIpc) is 2.73. The summed E-state index contributed by atoms with van der Waals surface area (Å²) >= 11 is 0.